The molecule has 0 aliphatic heterocycles. The summed E-state index contributed by atoms with van der Waals surface area (Å²) in [6.07, 6.45) is 0. The number of halogens is 4. The van der Waals surface area contributed by atoms with E-state index < -0.39 is 0 Å². The second kappa shape index (κ2) is 10.4. The van der Waals surface area contributed by atoms with Crippen molar-refractivity contribution >= 4 is 56.4 Å². The van der Waals surface area contributed by atoms with E-state index in [2.05, 4.69) is 21.2 Å². The molecule has 0 heterocycles. The second-order valence-corrected chi connectivity index (χ2v) is 8.31. The van der Waals surface area contributed by atoms with Gasteiger partial charge in [-0.25, -0.2) is 0 Å². The number of rotatable bonds is 8. The van der Waals surface area contributed by atoms with Crippen LogP contribution in [0.3, 0.4) is 0 Å². The predicted molar refractivity (Wildman–Crippen MR) is 125 cm³/mol. The molecular weight excluding hydrogens is 497 g/mol. The van der Waals surface area contributed by atoms with Crippen LogP contribution in [0.2, 0.25) is 15.1 Å². The van der Waals surface area contributed by atoms with E-state index in [1.54, 1.807) is 24.3 Å². The van der Waals surface area contributed by atoms with Crippen LogP contribution in [-0.4, -0.2) is 6.61 Å². The topological polar surface area (TPSA) is 30.5 Å². The van der Waals surface area contributed by atoms with Gasteiger partial charge in [0.1, 0.15) is 6.61 Å². The summed E-state index contributed by atoms with van der Waals surface area (Å²) in [4.78, 5) is 0. The molecule has 0 unspecified atom stereocenters. The summed E-state index contributed by atoms with van der Waals surface area (Å²) in [5.41, 5.74) is 2.62. The summed E-state index contributed by atoms with van der Waals surface area (Å²) in [5, 5.41) is 5.04. The van der Waals surface area contributed by atoms with Gasteiger partial charge < -0.3 is 14.8 Å². The molecule has 3 rings (SSSR count). The second-order valence-electron chi connectivity index (χ2n) is 6.17. The van der Waals surface area contributed by atoms with Gasteiger partial charge in [0, 0.05) is 43.4 Å². The Morgan fingerprint density at radius 1 is 0.862 bits per heavy atom. The Labute approximate surface area is 194 Å². The maximum Gasteiger partial charge on any atom is 0.163 e. The molecule has 0 aliphatic carbocycles. The molecule has 3 aromatic carbocycles. The summed E-state index contributed by atoms with van der Waals surface area (Å²) in [6, 6.07) is 16.9. The summed E-state index contributed by atoms with van der Waals surface area (Å²) in [7, 11) is 0. The van der Waals surface area contributed by atoms with Gasteiger partial charge in [-0.15, -0.1) is 0 Å². The number of hydrogen-bond acceptors (Lipinski definition) is 3. The number of benzene rings is 3. The van der Waals surface area contributed by atoms with Crippen LogP contribution in [0.5, 0.6) is 11.5 Å². The Balaban J connectivity index is 1.77. The van der Waals surface area contributed by atoms with E-state index >= 15 is 0 Å². The van der Waals surface area contributed by atoms with E-state index in [1.807, 2.05) is 37.3 Å². The molecule has 0 spiro atoms. The molecule has 0 saturated carbocycles. The van der Waals surface area contributed by atoms with Crippen molar-refractivity contribution in [2.45, 2.75) is 20.1 Å². The van der Waals surface area contributed by atoms with Gasteiger partial charge in [-0.2, -0.15) is 0 Å². The zero-order valence-corrected chi connectivity index (χ0v) is 19.5. The third-order valence-corrected chi connectivity index (χ3v) is 5.76. The van der Waals surface area contributed by atoms with Crippen molar-refractivity contribution in [1.82, 2.24) is 0 Å². The van der Waals surface area contributed by atoms with Gasteiger partial charge in [0.2, 0.25) is 0 Å². The van der Waals surface area contributed by atoms with Crippen LogP contribution >= 0.6 is 50.7 Å². The first-order valence-electron chi connectivity index (χ1n) is 8.98. The monoisotopic (exact) mass is 513 g/mol. The summed E-state index contributed by atoms with van der Waals surface area (Å²) in [6.45, 7) is 3.19. The summed E-state index contributed by atoms with van der Waals surface area (Å²) >= 11 is 22.4. The Bertz CT molecular complexity index is 960. The van der Waals surface area contributed by atoms with Gasteiger partial charge in [0.25, 0.3) is 0 Å². The maximum absolute atomic E-state index is 6.50. The lowest BCUT2D eigenvalue weighted by Crippen LogP contribution is -2.04. The van der Waals surface area contributed by atoms with Crippen molar-refractivity contribution in [2.75, 3.05) is 11.9 Å². The minimum atomic E-state index is 0.214. The normalized spacial score (nSPS) is 10.7. The van der Waals surface area contributed by atoms with Crippen molar-refractivity contribution in [3.05, 3.63) is 85.3 Å². The molecular formula is C22H19BrCl3NO2. The highest BCUT2D eigenvalue weighted by Crippen LogP contribution is 2.35. The summed E-state index contributed by atoms with van der Waals surface area (Å²) in [5.74, 6) is 1.16. The SMILES string of the molecule is CCOc1cc(CNc2ccc(Br)cc2)c(Cl)cc1OCc1c(Cl)cccc1Cl. The van der Waals surface area contributed by atoms with Crippen molar-refractivity contribution in [3.8, 4) is 11.5 Å². The van der Waals surface area contributed by atoms with Gasteiger partial charge in [-0.05, 0) is 55.0 Å². The quantitative estimate of drug-likeness (QED) is 0.330. The van der Waals surface area contributed by atoms with E-state index in [9.17, 15) is 0 Å². The van der Waals surface area contributed by atoms with Gasteiger partial charge >= 0.3 is 0 Å². The lowest BCUT2D eigenvalue weighted by atomic mass is 10.2. The van der Waals surface area contributed by atoms with Crippen LogP contribution in [0.25, 0.3) is 0 Å². The molecule has 1 N–H and O–H groups in total. The Hall–Kier alpha value is -1.59. The Kier molecular flexibility index (Phi) is 7.96. The molecule has 7 heteroatoms. The molecule has 0 atom stereocenters. The van der Waals surface area contributed by atoms with Crippen molar-refractivity contribution in [3.63, 3.8) is 0 Å². The highest BCUT2D eigenvalue weighted by Gasteiger charge is 2.13. The predicted octanol–water partition coefficient (Wildman–Crippen LogP) is 8.00. The van der Waals surface area contributed by atoms with Crippen LogP contribution in [0.4, 0.5) is 5.69 Å². The molecule has 0 amide bonds. The molecule has 29 heavy (non-hydrogen) atoms. The zero-order chi connectivity index (χ0) is 20.8. The molecule has 3 nitrogen and oxygen atoms in total. The van der Waals surface area contributed by atoms with Crippen molar-refractivity contribution in [2.24, 2.45) is 0 Å². The number of ether oxygens (including phenoxy) is 2. The smallest absolute Gasteiger partial charge is 0.163 e. The van der Waals surface area contributed by atoms with Gasteiger partial charge in [0.15, 0.2) is 11.5 Å². The number of hydrogen-bond donors (Lipinski definition) is 1. The van der Waals surface area contributed by atoms with E-state index in [1.165, 1.54) is 0 Å². The fourth-order valence-corrected chi connectivity index (χ4v) is 3.67. The molecule has 0 aliphatic rings. The molecule has 0 saturated heterocycles. The zero-order valence-electron chi connectivity index (χ0n) is 15.6. The van der Waals surface area contributed by atoms with E-state index in [4.69, 9.17) is 44.3 Å². The molecule has 152 valence electrons. The average Bonchev–Trinajstić information content (AvgIpc) is 2.69. The molecule has 3 aromatic rings. The fourth-order valence-electron chi connectivity index (χ4n) is 2.68. The average molecular weight is 516 g/mol. The first kappa shape index (κ1) is 22.1. The van der Waals surface area contributed by atoms with E-state index in [0.717, 1.165) is 21.3 Å². The Morgan fingerprint density at radius 2 is 1.52 bits per heavy atom. The van der Waals surface area contributed by atoms with Gasteiger partial charge in [-0.1, -0.05) is 56.8 Å². The van der Waals surface area contributed by atoms with Crippen LogP contribution in [0, 0.1) is 0 Å². The highest BCUT2D eigenvalue weighted by molar-refractivity contribution is 9.10. The highest BCUT2D eigenvalue weighted by atomic mass is 79.9. The maximum atomic E-state index is 6.50. The van der Waals surface area contributed by atoms with E-state index in [-0.39, 0.29) is 6.61 Å². The van der Waals surface area contributed by atoms with Crippen LogP contribution in [0.1, 0.15) is 18.1 Å². The van der Waals surface area contributed by atoms with E-state index in [0.29, 0.717) is 39.7 Å². The lowest BCUT2D eigenvalue weighted by molar-refractivity contribution is 0.269. The minimum Gasteiger partial charge on any atom is -0.490 e. The third-order valence-electron chi connectivity index (χ3n) is 4.17. The number of anilines is 1. The summed E-state index contributed by atoms with van der Waals surface area (Å²) < 4.78 is 12.7. The molecule has 0 bridgehead atoms. The lowest BCUT2D eigenvalue weighted by Gasteiger charge is -2.16. The van der Waals surface area contributed by atoms with Crippen LogP contribution in [0.15, 0.2) is 59.1 Å². The Morgan fingerprint density at radius 3 is 2.17 bits per heavy atom. The van der Waals surface area contributed by atoms with Crippen LogP contribution < -0.4 is 14.8 Å². The first-order chi connectivity index (χ1) is 14.0. The number of nitrogens with one attached hydrogen (secondary N) is 1. The van der Waals surface area contributed by atoms with Gasteiger partial charge in [0.05, 0.1) is 6.61 Å². The van der Waals surface area contributed by atoms with Gasteiger partial charge in [-0.3, -0.25) is 0 Å². The van der Waals surface area contributed by atoms with Crippen molar-refractivity contribution in [1.29, 1.82) is 0 Å². The third kappa shape index (κ3) is 5.95. The molecule has 0 fully saturated rings. The minimum absolute atomic E-state index is 0.214. The van der Waals surface area contributed by atoms with Crippen LogP contribution in [-0.2, 0) is 13.2 Å². The van der Waals surface area contributed by atoms with Crippen molar-refractivity contribution < 1.29 is 9.47 Å². The molecule has 0 aromatic heterocycles. The molecule has 0 radical (unpaired) electrons. The fraction of sp³-hybridized carbons (Fsp3) is 0.182. The first-order valence-corrected chi connectivity index (χ1v) is 10.9. The largest absolute Gasteiger partial charge is 0.490 e. The standard InChI is InChI=1S/C22H19BrCl3NO2/c1-2-28-21-10-14(12-27-16-8-6-15(23)7-9-16)20(26)11-22(21)29-13-17-18(24)4-3-5-19(17)25/h3-11,27H,2,12-13H2,1H3.